The molecular weight excluding hydrogens is 341 g/mol. The maximum absolute atomic E-state index is 14.2. The van der Waals surface area contributed by atoms with Crippen molar-refractivity contribution >= 4 is 23.2 Å². The molecule has 0 spiro atoms. The van der Waals surface area contributed by atoms with Crippen LogP contribution in [0.25, 0.3) is 0 Å². The average Bonchev–Trinajstić information content (AvgIpc) is 2.78. The molecule has 6 heteroatoms. The fraction of sp³-hybridized carbons (Fsp3) is 0.353. The largest absolute Gasteiger partial charge is 0.289 e. The molecule has 2 aromatic rings. The highest BCUT2D eigenvalue weighted by Gasteiger charge is 2.41. The van der Waals surface area contributed by atoms with Crippen LogP contribution in [0.4, 0.5) is 8.78 Å². The standard InChI is InChI=1S/C17H14Cl2F2N2/c18-13-5-9(15(20)7-14(13)19)8-23-10-1-2-16(23)11-3-4-22-17(21)12(11)6-10/h3-5,7,10,16H,1-2,6,8H2/t10-,16+/m0/s1. The molecule has 0 aliphatic carbocycles. The number of halogens is 4. The van der Waals surface area contributed by atoms with Gasteiger partial charge >= 0.3 is 0 Å². The van der Waals surface area contributed by atoms with Crippen LogP contribution in [0.3, 0.4) is 0 Å². The number of hydrogen-bond donors (Lipinski definition) is 0. The van der Waals surface area contributed by atoms with E-state index in [-0.39, 0.29) is 28.9 Å². The molecule has 120 valence electrons. The third kappa shape index (κ3) is 2.53. The Balaban J connectivity index is 1.68. The molecule has 0 unspecified atom stereocenters. The maximum Gasteiger partial charge on any atom is 0.216 e. The minimum absolute atomic E-state index is 0.107. The van der Waals surface area contributed by atoms with Crippen molar-refractivity contribution in [3.63, 3.8) is 0 Å². The van der Waals surface area contributed by atoms with Gasteiger partial charge in [0, 0.05) is 36.0 Å². The monoisotopic (exact) mass is 354 g/mol. The number of rotatable bonds is 2. The van der Waals surface area contributed by atoms with Crippen LogP contribution >= 0.6 is 23.2 Å². The van der Waals surface area contributed by atoms with E-state index in [4.69, 9.17) is 23.2 Å². The van der Waals surface area contributed by atoms with E-state index < -0.39 is 0 Å². The summed E-state index contributed by atoms with van der Waals surface area (Å²) in [5.41, 5.74) is 2.21. The number of fused-ring (bicyclic) bond motifs is 4. The van der Waals surface area contributed by atoms with E-state index in [2.05, 4.69) is 9.88 Å². The van der Waals surface area contributed by atoms with Crippen molar-refractivity contribution in [2.45, 2.75) is 37.9 Å². The van der Waals surface area contributed by atoms with Gasteiger partial charge < -0.3 is 0 Å². The molecule has 23 heavy (non-hydrogen) atoms. The maximum atomic E-state index is 14.2. The third-order valence-corrected chi connectivity index (χ3v) is 5.65. The van der Waals surface area contributed by atoms with Gasteiger partial charge in [0.05, 0.1) is 10.0 Å². The normalized spacial score (nSPS) is 23.1. The minimum atomic E-state index is -0.375. The van der Waals surface area contributed by atoms with E-state index in [9.17, 15) is 8.78 Å². The summed E-state index contributed by atoms with van der Waals surface area (Å²) in [6, 6.07) is 5.03. The smallest absolute Gasteiger partial charge is 0.216 e. The van der Waals surface area contributed by atoms with E-state index in [1.165, 1.54) is 12.3 Å². The predicted octanol–water partition coefficient (Wildman–Crippen LogP) is 4.93. The predicted molar refractivity (Wildman–Crippen MR) is 85.6 cm³/mol. The van der Waals surface area contributed by atoms with Gasteiger partial charge in [0.2, 0.25) is 5.95 Å². The van der Waals surface area contributed by atoms with E-state index in [0.717, 1.165) is 18.4 Å². The summed E-state index contributed by atoms with van der Waals surface area (Å²) in [5, 5.41) is 0.566. The van der Waals surface area contributed by atoms with Crippen molar-refractivity contribution in [1.29, 1.82) is 0 Å². The third-order valence-electron chi connectivity index (χ3n) is 4.92. The second-order valence-corrected chi connectivity index (χ2v) is 6.97. The molecule has 0 radical (unpaired) electrons. The first-order chi connectivity index (χ1) is 11.0. The Morgan fingerprint density at radius 3 is 2.78 bits per heavy atom. The molecule has 2 nitrogen and oxygen atoms in total. The molecule has 1 aromatic carbocycles. The van der Waals surface area contributed by atoms with Crippen molar-refractivity contribution in [2.75, 3.05) is 0 Å². The Labute approximate surface area is 143 Å². The first-order valence-electron chi connectivity index (χ1n) is 7.57. The highest BCUT2D eigenvalue weighted by atomic mass is 35.5. The van der Waals surface area contributed by atoms with Gasteiger partial charge in [-0.1, -0.05) is 23.2 Å². The van der Waals surface area contributed by atoms with Crippen LogP contribution in [0.5, 0.6) is 0 Å². The molecule has 1 aromatic heterocycles. The first-order valence-corrected chi connectivity index (χ1v) is 8.32. The van der Waals surface area contributed by atoms with Crippen molar-refractivity contribution in [2.24, 2.45) is 0 Å². The van der Waals surface area contributed by atoms with Gasteiger partial charge in [0.15, 0.2) is 0 Å². The van der Waals surface area contributed by atoms with Gasteiger partial charge in [-0.25, -0.2) is 9.37 Å². The van der Waals surface area contributed by atoms with Crippen LogP contribution in [0.1, 0.15) is 35.6 Å². The Hall–Kier alpha value is -1.23. The molecule has 2 aliphatic rings. The molecule has 2 atom stereocenters. The highest BCUT2D eigenvalue weighted by Crippen LogP contribution is 2.45. The fourth-order valence-electron chi connectivity index (χ4n) is 3.84. The summed E-state index contributed by atoms with van der Waals surface area (Å²) >= 11 is 11.9. The van der Waals surface area contributed by atoms with Crippen molar-refractivity contribution in [3.05, 3.63) is 62.9 Å². The minimum Gasteiger partial charge on any atom is -0.289 e. The second-order valence-electron chi connectivity index (χ2n) is 6.15. The lowest BCUT2D eigenvalue weighted by molar-refractivity contribution is 0.164. The van der Waals surface area contributed by atoms with Gasteiger partial charge in [-0.3, -0.25) is 4.90 Å². The molecule has 2 aliphatic heterocycles. The zero-order valence-corrected chi connectivity index (χ0v) is 13.7. The van der Waals surface area contributed by atoms with Crippen molar-refractivity contribution < 1.29 is 8.78 Å². The molecule has 0 saturated carbocycles. The van der Waals surface area contributed by atoms with Gasteiger partial charge in [-0.05, 0) is 43.0 Å². The number of hydrogen-bond acceptors (Lipinski definition) is 2. The lowest BCUT2D eigenvalue weighted by atomic mass is 9.94. The molecular formula is C17H14Cl2F2N2. The summed E-state index contributed by atoms with van der Waals surface area (Å²) < 4.78 is 28.1. The Kier molecular flexibility index (Phi) is 3.79. The summed E-state index contributed by atoms with van der Waals surface area (Å²) in [4.78, 5) is 6.00. The zero-order chi connectivity index (χ0) is 16.1. The lowest BCUT2D eigenvalue weighted by Crippen LogP contribution is -2.37. The molecule has 0 N–H and O–H groups in total. The molecule has 1 fully saturated rings. The van der Waals surface area contributed by atoms with Crippen molar-refractivity contribution in [1.82, 2.24) is 9.88 Å². The highest BCUT2D eigenvalue weighted by molar-refractivity contribution is 6.42. The van der Waals surface area contributed by atoms with Crippen LogP contribution in [0.2, 0.25) is 10.0 Å². The van der Waals surface area contributed by atoms with Crippen LogP contribution in [0, 0.1) is 11.8 Å². The number of aromatic nitrogens is 1. The molecule has 3 heterocycles. The summed E-state index contributed by atoms with van der Waals surface area (Å²) in [6.45, 7) is 0.446. The van der Waals surface area contributed by atoms with E-state index in [1.807, 2.05) is 6.07 Å². The first kappa shape index (κ1) is 15.3. The Morgan fingerprint density at radius 2 is 1.96 bits per heavy atom. The van der Waals surface area contributed by atoms with Gasteiger partial charge in [-0.2, -0.15) is 4.39 Å². The Bertz CT molecular complexity index is 781. The number of benzene rings is 1. The van der Waals surface area contributed by atoms with Gasteiger partial charge in [0.25, 0.3) is 0 Å². The second kappa shape index (κ2) is 5.69. The molecule has 0 amide bonds. The van der Waals surface area contributed by atoms with E-state index in [1.54, 1.807) is 6.07 Å². The van der Waals surface area contributed by atoms with Crippen molar-refractivity contribution in [3.8, 4) is 0 Å². The number of pyridine rings is 1. The van der Waals surface area contributed by atoms with Crippen LogP contribution in [-0.4, -0.2) is 15.9 Å². The average molecular weight is 355 g/mol. The molecule has 4 rings (SSSR count). The van der Waals surface area contributed by atoms with E-state index >= 15 is 0 Å². The summed E-state index contributed by atoms with van der Waals surface area (Å²) in [5.74, 6) is -0.731. The zero-order valence-electron chi connectivity index (χ0n) is 12.2. The Morgan fingerprint density at radius 1 is 1.17 bits per heavy atom. The topological polar surface area (TPSA) is 16.1 Å². The number of nitrogens with zero attached hydrogens (tertiary/aromatic N) is 2. The SMILES string of the molecule is Fc1cc(Cl)c(Cl)cc1CN1[C@H]2CC[C@@H]1c1ccnc(F)c1C2. The quantitative estimate of drug-likeness (QED) is 0.561. The van der Waals surface area contributed by atoms with Gasteiger partial charge in [0.1, 0.15) is 5.82 Å². The fourth-order valence-corrected chi connectivity index (χ4v) is 4.18. The van der Waals surface area contributed by atoms with Crippen LogP contribution in [-0.2, 0) is 13.0 Å². The summed E-state index contributed by atoms with van der Waals surface area (Å²) in [6.07, 6.45) is 4.05. The van der Waals surface area contributed by atoms with E-state index in [0.29, 0.717) is 29.1 Å². The van der Waals surface area contributed by atoms with Gasteiger partial charge in [-0.15, -0.1) is 0 Å². The molecule has 1 saturated heterocycles. The summed E-state index contributed by atoms with van der Waals surface area (Å²) in [7, 11) is 0. The van der Waals surface area contributed by atoms with Crippen LogP contribution in [0.15, 0.2) is 24.4 Å². The lowest BCUT2D eigenvalue weighted by Gasteiger charge is -2.36. The molecule has 2 bridgehead atoms. The van der Waals surface area contributed by atoms with Crippen LogP contribution < -0.4 is 0 Å².